The van der Waals surface area contributed by atoms with E-state index >= 15 is 0 Å². The van der Waals surface area contributed by atoms with Crippen LogP contribution in [0, 0.1) is 5.92 Å². The summed E-state index contributed by atoms with van der Waals surface area (Å²) in [4.78, 5) is 0. The van der Waals surface area contributed by atoms with Crippen LogP contribution in [0.1, 0.15) is 18.4 Å². The van der Waals surface area contributed by atoms with Gasteiger partial charge >= 0.3 is 0 Å². The van der Waals surface area contributed by atoms with Crippen molar-refractivity contribution in [2.75, 3.05) is 19.8 Å². The second-order valence-corrected chi connectivity index (χ2v) is 6.84. The van der Waals surface area contributed by atoms with Gasteiger partial charge in [-0.1, -0.05) is 48.5 Å². The highest BCUT2D eigenvalue weighted by atomic mass is 16.5. The largest absolute Gasteiger partial charge is 0.381 e. The minimum absolute atomic E-state index is 0.716. The lowest BCUT2D eigenvalue weighted by molar-refractivity contribution is 0.0662. The topological polar surface area (TPSA) is 39.1 Å². The van der Waals surface area contributed by atoms with E-state index in [1.165, 1.54) is 5.56 Å². The van der Waals surface area contributed by atoms with Crippen LogP contribution >= 0.6 is 0 Å². The van der Waals surface area contributed by atoms with Gasteiger partial charge in [0, 0.05) is 37.1 Å². The molecule has 1 N–H and O–H groups in total. The fourth-order valence-electron chi connectivity index (χ4n) is 3.45. The Hall–Kier alpha value is -2.43. The average molecular weight is 347 g/mol. The first-order valence-electron chi connectivity index (χ1n) is 9.38. The van der Waals surface area contributed by atoms with Crippen molar-refractivity contribution < 1.29 is 4.74 Å². The van der Waals surface area contributed by atoms with Crippen LogP contribution in [0.5, 0.6) is 0 Å². The predicted octanol–water partition coefficient (Wildman–Crippen LogP) is 4.06. The summed E-state index contributed by atoms with van der Waals surface area (Å²) in [6, 6.07) is 20.7. The van der Waals surface area contributed by atoms with Crippen LogP contribution in [0.25, 0.3) is 16.9 Å². The number of para-hydroxylation sites is 1. The number of aromatic nitrogens is 2. The van der Waals surface area contributed by atoms with E-state index in [0.717, 1.165) is 56.1 Å². The Morgan fingerprint density at radius 3 is 2.38 bits per heavy atom. The van der Waals surface area contributed by atoms with Gasteiger partial charge in [0.15, 0.2) is 0 Å². The molecule has 0 amide bonds. The molecule has 1 aliphatic heterocycles. The monoisotopic (exact) mass is 347 g/mol. The predicted molar refractivity (Wildman–Crippen MR) is 104 cm³/mol. The second-order valence-electron chi connectivity index (χ2n) is 6.84. The van der Waals surface area contributed by atoms with Crippen molar-refractivity contribution in [2.45, 2.75) is 19.4 Å². The van der Waals surface area contributed by atoms with Crippen molar-refractivity contribution in [1.29, 1.82) is 0 Å². The molecule has 4 nitrogen and oxygen atoms in total. The maximum absolute atomic E-state index is 5.45. The number of nitrogens with one attached hydrogen (secondary N) is 1. The Balaban J connectivity index is 1.54. The van der Waals surface area contributed by atoms with Gasteiger partial charge in [0.05, 0.1) is 11.4 Å². The highest BCUT2D eigenvalue weighted by Crippen LogP contribution is 2.24. The minimum Gasteiger partial charge on any atom is -0.381 e. The molecule has 0 aliphatic carbocycles. The average Bonchev–Trinajstić information content (AvgIpc) is 3.14. The zero-order valence-electron chi connectivity index (χ0n) is 15.0. The van der Waals surface area contributed by atoms with E-state index in [2.05, 4.69) is 47.9 Å². The summed E-state index contributed by atoms with van der Waals surface area (Å²) in [5.74, 6) is 0.716. The molecule has 4 rings (SSSR count). The highest BCUT2D eigenvalue weighted by molar-refractivity contribution is 5.63. The molecule has 0 bridgehead atoms. The molecular weight excluding hydrogens is 322 g/mol. The molecule has 1 saturated heterocycles. The molecular formula is C22H25N3O. The first-order valence-corrected chi connectivity index (χ1v) is 9.38. The van der Waals surface area contributed by atoms with E-state index in [1.54, 1.807) is 0 Å². The van der Waals surface area contributed by atoms with Gasteiger partial charge in [-0.25, -0.2) is 4.68 Å². The van der Waals surface area contributed by atoms with Crippen LogP contribution in [0.3, 0.4) is 0 Å². The fourth-order valence-corrected chi connectivity index (χ4v) is 3.45. The summed E-state index contributed by atoms with van der Waals surface area (Å²) < 4.78 is 7.43. The Bertz CT molecular complexity index is 808. The smallest absolute Gasteiger partial charge is 0.0972 e. The summed E-state index contributed by atoms with van der Waals surface area (Å²) in [7, 11) is 0. The molecule has 4 heteroatoms. The number of nitrogens with zero attached hydrogens (tertiary/aromatic N) is 2. The molecule has 134 valence electrons. The number of hydrogen-bond acceptors (Lipinski definition) is 3. The van der Waals surface area contributed by atoms with E-state index in [1.807, 2.05) is 28.9 Å². The molecule has 0 atom stereocenters. The zero-order valence-corrected chi connectivity index (χ0v) is 15.0. The number of hydrogen-bond donors (Lipinski definition) is 1. The molecule has 26 heavy (non-hydrogen) atoms. The van der Waals surface area contributed by atoms with Gasteiger partial charge < -0.3 is 10.1 Å². The molecule has 0 unspecified atom stereocenters. The fraction of sp³-hybridized carbons (Fsp3) is 0.318. The van der Waals surface area contributed by atoms with Crippen molar-refractivity contribution in [1.82, 2.24) is 15.1 Å². The van der Waals surface area contributed by atoms with E-state index in [0.29, 0.717) is 5.92 Å². The van der Waals surface area contributed by atoms with E-state index in [-0.39, 0.29) is 0 Å². The molecule has 0 spiro atoms. The van der Waals surface area contributed by atoms with Gasteiger partial charge in [-0.2, -0.15) is 5.10 Å². The van der Waals surface area contributed by atoms with Crippen LogP contribution < -0.4 is 5.32 Å². The van der Waals surface area contributed by atoms with Crippen LogP contribution in [0.2, 0.25) is 0 Å². The zero-order chi connectivity index (χ0) is 17.6. The molecule has 1 aromatic heterocycles. The normalized spacial score (nSPS) is 15.2. The third-order valence-electron chi connectivity index (χ3n) is 4.95. The van der Waals surface area contributed by atoms with Crippen LogP contribution in [0.4, 0.5) is 0 Å². The van der Waals surface area contributed by atoms with Crippen molar-refractivity contribution in [2.24, 2.45) is 5.92 Å². The minimum atomic E-state index is 0.716. The van der Waals surface area contributed by atoms with Gasteiger partial charge in [0.2, 0.25) is 0 Å². The van der Waals surface area contributed by atoms with Crippen LogP contribution in [-0.2, 0) is 11.3 Å². The first kappa shape index (κ1) is 17.0. The van der Waals surface area contributed by atoms with Crippen molar-refractivity contribution in [3.8, 4) is 16.9 Å². The lowest BCUT2D eigenvalue weighted by Crippen LogP contribution is -2.27. The Labute approximate surface area is 154 Å². The maximum atomic E-state index is 5.45. The van der Waals surface area contributed by atoms with E-state index < -0.39 is 0 Å². The van der Waals surface area contributed by atoms with Crippen LogP contribution in [0.15, 0.2) is 66.9 Å². The summed E-state index contributed by atoms with van der Waals surface area (Å²) >= 11 is 0. The summed E-state index contributed by atoms with van der Waals surface area (Å²) in [5, 5.41) is 8.51. The van der Waals surface area contributed by atoms with Crippen molar-refractivity contribution in [3.63, 3.8) is 0 Å². The molecule has 1 fully saturated rings. The first-order chi connectivity index (χ1) is 12.9. The van der Waals surface area contributed by atoms with Gasteiger partial charge in [-0.05, 0) is 37.4 Å². The molecule has 2 heterocycles. The molecule has 1 aliphatic rings. The number of benzene rings is 2. The molecule has 0 saturated carbocycles. The van der Waals surface area contributed by atoms with Gasteiger partial charge in [0.25, 0.3) is 0 Å². The standard InChI is InChI=1S/C22H25N3O/c1-3-7-19(8-4-1)22-20(16-23-15-18-11-13-26-14-12-18)17-25(24-22)21-9-5-2-6-10-21/h1-10,17-18,23H,11-16H2. The second kappa shape index (κ2) is 8.30. The van der Waals surface area contributed by atoms with Gasteiger partial charge in [-0.15, -0.1) is 0 Å². The lowest BCUT2D eigenvalue weighted by atomic mass is 10.0. The van der Waals surface area contributed by atoms with Gasteiger partial charge in [-0.3, -0.25) is 0 Å². The lowest BCUT2D eigenvalue weighted by Gasteiger charge is -2.22. The summed E-state index contributed by atoms with van der Waals surface area (Å²) in [6.45, 7) is 3.66. The highest BCUT2D eigenvalue weighted by Gasteiger charge is 2.15. The maximum Gasteiger partial charge on any atom is 0.0972 e. The van der Waals surface area contributed by atoms with Crippen molar-refractivity contribution in [3.05, 3.63) is 72.4 Å². The quantitative estimate of drug-likeness (QED) is 0.731. The van der Waals surface area contributed by atoms with Gasteiger partial charge in [0.1, 0.15) is 0 Å². The molecule has 0 radical (unpaired) electrons. The molecule has 2 aromatic carbocycles. The van der Waals surface area contributed by atoms with Crippen LogP contribution in [-0.4, -0.2) is 29.5 Å². The van der Waals surface area contributed by atoms with E-state index in [9.17, 15) is 0 Å². The summed E-state index contributed by atoms with van der Waals surface area (Å²) in [6.07, 6.45) is 4.46. The third kappa shape index (κ3) is 4.03. The Morgan fingerprint density at radius 1 is 0.962 bits per heavy atom. The number of rotatable bonds is 6. The third-order valence-corrected chi connectivity index (χ3v) is 4.95. The summed E-state index contributed by atoms with van der Waals surface area (Å²) in [5.41, 5.74) is 4.52. The van der Waals surface area contributed by atoms with Crippen molar-refractivity contribution >= 4 is 0 Å². The molecule has 3 aromatic rings. The Kier molecular flexibility index (Phi) is 5.43. The number of ether oxygens (including phenoxy) is 1. The Morgan fingerprint density at radius 2 is 1.65 bits per heavy atom. The van der Waals surface area contributed by atoms with E-state index in [4.69, 9.17) is 9.84 Å². The SMILES string of the molecule is c1ccc(-c2nn(-c3ccccc3)cc2CNCC2CCOCC2)cc1.